The number of nitrogens with one attached hydrogen (secondary N) is 5. The van der Waals surface area contributed by atoms with E-state index in [1.807, 2.05) is 88.5 Å². The molecule has 12 rings (SSSR count). The molecule has 7 N–H and O–H groups in total. The van der Waals surface area contributed by atoms with Crippen LogP contribution in [-0.4, -0.2) is 155 Å². The van der Waals surface area contributed by atoms with Gasteiger partial charge in [0.1, 0.15) is 34.4 Å². The summed E-state index contributed by atoms with van der Waals surface area (Å²) in [5.74, 6) is 1.17. The van der Waals surface area contributed by atoms with Crippen LogP contribution in [0, 0.1) is 0 Å². The third-order valence-electron chi connectivity index (χ3n) is 13.1. The van der Waals surface area contributed by atoms with Crippen molar-refractivity contribution in [3.63, 3.8) is 0 Å². The van der Waals surface area contributed by atoms with Crippen LogP contribution in [0.4, 0.5) is 17.1 Å². The second-order valence-electron chi connectivity index (χ2n) is 19.3. The standard InChI is InChI=1S/C22H24N6O3.2C20H20N6O3.2CH2O2/c1-3-27-14-16(13-24-27)19-8-9-20(31-19)22(29)25-18-15-28(11-12-30-4-2)26-21(18)17-7-5-6-10-23-17;2*1-2-28-10-9-26-13-16(19(25-26)15-5-3-4-8-21-15)24-20(27)18-7-6-17(29-18)14-11-22-23-12-14;2*2-1-3/h5-10,13-15H,3-4,11-12H2,1-2H3,(H,25,29);2*3-8,11-13H,2,9-10H2,1H3,(H,22,23)(H,24,27);2*1H,(H,2,3). The molecule has 95 heavy (non-hydrogen) atoms. The van der Waals surface area contributed by atoms with Crippen LogP contribution >= 0.6 is 0 Å². The molecule has 31 nitrogen and oxygen atoms in total. The third kappa shape index (κ3) is 19.6. The molecule has 12 aromatic rings. The molecule has 0 saturated heterocycles. The van der Waals surface area contributed by atoms with Crippen molar-refractivity contribution in [2.24, 2.45) is 0 Å². The van der Waals surface area contributed by atoms with Gasteiger partial charge in [-0.15, -0.1) is 0 Å². The SMILES string of the molecule is CCOCCn1cc(NC(=O)c2ccc(-c3cn[nH]c3)o2)c(-c2ccccn2)n1.CCOCCn1cc(NC(=O)c2ccc(-c3cn[nH]c3)o2)c(-c2ccccn2)n1.CCOCCn1cc(NC(=O)c2ccc(-c3cnn(CC)c3)o2)c(-c2ccccn2)n1.O=CO.O=CO. The first-order chi connectivity index (χ1) is 46.5. The number of aromatic amines is 2. The molecule has 3 amide bonds. The molecule has 0 aliphatic heterocycles. The Morgan fingerprint density at radius 2 is 0.821 bits per heavy atom. The van der Waals surface area contributed by atoms with E-state index in [0.717, 1.165) is 23.2 Å². The van der Waals surface area contributed by atoms with Gasteiger partial charge in [0.05, 0.1) is 109 Å². The van der Waals surface area contributed by atoms with E-state index in [4.69, 9.17) is 47.3 Å². The highest BCUT2D eigenvalue weighted by atomic mass is 16.5. The number of carbonyl (C=O) groups excluding carboxylic acids is 3. The second kappa shape index (κ2) is 36.0. The molecule has 492 valence electrons. The van der Waals surface area contributed by atoms with E-state index < -0.39 is 0 Å². The maximum absolute atomic E-state index is 12.9. The fourth-order valence-electron chi connectivity index (χ4n) is 8.70. The fourth-order valence-corrected chi connectivity index (χ4v) is 8.70. The molecule has 0 aromatic carbocycles. The highest BCUT2D eigenvalue weighted by Crippen LogP contribution is 2.31. The highest BCUT2D eigenvalue weighted by Gasteiger charge is 2.22. The average Bonchev–Trinajstić information content (AvgIpc) is 1.71. The molecule has 0 radical (unpaired) electrons. The number of furan rings is 3. The van der Waals surface area contributed by atoms with E-state index in [-0.39, 0.29) is 47.9 Å². The third-order valence-corrected chi connectivity index (χ3v) is 13.1. The second-order valence-corrected chi connectivity index (χ2v) is 19.3. The van der Waals surface area contributed by atoms with Gasteiger partial charge in [0.2, 0.25) is 0 Å². The Kier molecular flexibility index (Phi) is 26.0. The molecule has 0 unspecified atom stereocenters. The Morgan fingerprint density at radius 3 is 1.11 bits per heavy atom. The largest absolute Gasteiger partial charge is 0.483 e. The maximum Gasteiger partial charge on any atom is 0.291 e. The van der Waals surface area contributed by atoms with Crippen LogP contribution in [-0.2, 0) is 50.0 Å². The van der Waals surface area contributed by atoms with Crippen molar-refractivity contribution in [2.45, 2.75) is 53.9 Å². The van der Waals surface area contributed by atoms with Gasteiger partial charge in [0.15, 0.2) is 17.3 Å². The summed E-state index contributed by atoms with van der Waals surface area (Å²) in [7, 11) is 0. The van der Waals surface area contributed by atoms with Crippen molar-refractivity contribution >= 4 is 47.7 Å². The quantitative estimate of drug-likeness (QED) is 0.0207. The summed E-state index contributed by atoms with van der Waals surface area (Å²) < 4.78 is 40.3. The first kappa shape index (κ1) is 68.7. The van der Waals surface area contributed by atoms with Crippen molar-refractivity contribution in [2.75, 3.05) is 55.6 Å². The number of hydrogen-bond acceptors (Lipinski definition) is 20. The Morgan fingerprint density at radius 1 is 0.474 bits per heavy atom. The molecule has 0 atom stereocenters. The lowest BCUT2D eigenvalue weighted by atomic mass is 10.2. The molecule has 12 aromatic heterocycles. The van der Waals surface area contributed by atoms with E-state index in [9.17, 15) is 14.4 Å². The number of carbonyl (C=O) groups is 5. The van der Waals surface area contributed by atoms with Crippen molar-refractivity contribution in [1.82, 2.24) is 74.5 Å². The topological polar surface area (TPSA) is 396 Å². The Balaban J connectivity index is 0.000000175. The number of carboxylic acid groups (broad SMARTS) is 2. The maximum atomic E-state index is 12.9. The number of aryl methyl sites for hydroxylation is 1. The lowest BCUT2D eigenvalue weighted by Gasteiger charge is -2.03. The number of ether oxygens (including phenoxy) is 3. The van der Waals surface area contributed by atoms with E-state index in [0.29, 0.717) is 128 Å². The smallest absolute Gasteiger partial charge is 0.291 e. The van der Waals surface area contributed by atoms with Crippen molar-refractivity contribution in [3.05, 3.63) is 183 Å². The molecule has 0 spiro atoms. The van der Waals surface area contributed by atoms with Crippen LogP contribution < -0.4 is 16.0 Å². The summed E-state index contributed by atoms with van der Waals surface area (Å²) in [6.07, 6.45) is 20.6. The van der Waals surface area contributed by atoms with Crippen LogP contribution in [0.25, 0.3) is 68.1 Å². The van der Waals surface area contributed by atoms with Crippen LogP contribution in [0.5, 0.6) is 0 Å². The Labute approximate surface area is 542 Å². The van der Waals surface area contributed by atoms with E-state index in [1.54, 1.807) is 123 Å². The minimum absolute atomic E-state index is 0.190. The summed E-state index contributed by atoms with van der Waals surface area (Å²) >= 11 is 0. The molecular formula is C64H68N18O13. The number of aromatic nitrogens is 15. The summed E-state index contributed by atoms with van der Waals surface area (Å²) in [6, 6.07) is 26.7. The fraction of sp³-hybridized carbons (Fsp3) is 0.219. The van der Waals surface area contributed by atoms with Crippen molar-refractivity contribution in [1.29, 1.82) is 0 Å². The highest BCUT2D eigenvalue weighted by molar-refractivity contribution is 6.06. The van der Waals surface area contributed by atoms with Gasteiger partial charge >= 0.3 is 0 Å². The monoisotopic (exact) mass is 1300 g/mol. The van der Waals surface area contributed by atoms with Crippen LogP contribution in [0.2, 0.25) is 0 Å². The lowest BCUT2D eigenvalue weighted by molar-refractivity contribution is -0.123. The minimum Gasteiger partial charge on any atom is -0.483 e. The van der Waals surface area contributed by atoms with Gasteiger partial charge in [-0.05, 0) is 100 Å². The number of hydrogen-bond donors (Lipinski definition) is 7. The molecule has 0 aliphatic rings. The molecule has 31 heteroatoms. The first-order valence-electron chi connectivity index (χ1n) is 29.6. The Hall–Kier alpha value is -12.2. The molecule has 0 bridgehead atoms. The van der Waals surface area contributed by atoms with Crippen LogP contribution in [0.15, 0.2) is 179 Å². The molecule has 0 aliphatic carbocycles. The molecule has 0 saturated carbocycles. The number of anilines is 3. The number of rotatable bonds is 25. The van der Waals surface area contributed by atoms with Gasteiger partial charge in [-0.1, -0.05) is 18.2 Å². The van der Waals surface area contributed by atoms with Gasteiger partial charge in [-0.25, -0.2) is 0 Å². The predicted molar refractivity (Wildman–Crippen MR) is 345 cm³/mol. The van der Waals surface area contributed by atoms with E-state index >= 15 is 0 Å². The van der Waals surface area contributed by atoms with E-state index in [1.165, 1.54) is 0 Å². The summed E-state index contributed by atoms with van der Waals surface area (Å²) in [4.78, 5) is 68.1. The number of amides is 3. The Bertz CT molecular complexity index is 4070. The first-order valence-corrected chi connectivity index (χ1v) is 29.6. The van der Waals surface area contributed by atoms with Gasteiger partial charge in [0, 0.05) is 82.1 Å². The van der Waals surface area contributed by atoms with Gasteiger partial charge in [0.25, 0.3) is 30.7 Å². The zero-order valence-corrected chi connectivity index (χ0v) is 52.0. The molecular weight excluding hydrogens is 1230 g/mol. The zero-order valence-electron chi connectivity index (χ0n) is 52.0. The number of nitrogens with zero attached hydrogens (tertiary/aromatic N) is 13. The number of H-pyrrole nitrogens is 2. The minimum atomic E-state index is -0.374. The van der Waals surface area contributed by atoms with Crippen molar-refractivity contribution in [3.8, 4) is 68.1 Å². The van der Waals surface area contributed by atoms with Crippen LogP contribution in [0.1, 0.15) is 59.4 Å². The summed E-state index contributed by atoms with van der Waals surface area (Å²) in [5.41, 5.74) is 7.74. The summed E-state index contributed by atoms with van der Waals surface area (Å²) in [5, 5.41) is 53.6. The lowest BCUT2D eigenvalue weighted by Crippen LogP contribution is -2.11. The van der Waals surface area contributed by atoms with Gasteiger partial charge in [-0.3, -0.25) is 67.8 Å². The zero-order chi connectivity index (χ0) is 67.2. The normalized spacial score (nSPS) is 10.5. The number of pyridine rings is 3. The molecule has 0 fully saturated rings. The van der Waals surface area contributed by atoms with Crippen LogP contribution in [0.3, 0.4) is 0 Å². The summed E-state index contributed by atoms with van der Waals surface area (Å²) in [6.45, 7) is 13.3. The average molecular weight is 1300 g/mol. The van der Waals surface area contributed by atoms with E-state index in [2.05, 4.69) is 71.7 Å². The molecule has 12 heterocycles. The van der Waals surface area contributed by atoms with Gasteiger partial charge < -0.3 is 53.6 Å². The van der Waals surface area contributed by atoms with Crippen molar-refractivity contribution < 1.29 is 61.6 Å². The van der Waals surface area contributed by atoms with Gasteiger partial charge in [-0.2, -0.15) is 30.6 Å². The predicted octanol–water partition coefficient (Wildman–Crippen LogP) is 9.55.